The Morgan fingerprint density at radius 1 is 1.18 bits per heavy atom. The maximum atomic E-state index is 14.1. The van der Waals surface area contributed by atoms with Crippen LogP contribution in [-0.4, -0.2) is 39.0 Å². The van der Waals surface area contributed by atoms with Crippen LogP contribution in [0.15, 0.2) is 53.7 Å². The van der Waals surface area contributed by atoms with Gasteiger partial charge in [-0.2, -0.15) is 5.10 Å². The zero-order chi connectivity index (χ0) is 23.8. The summed E-state index contributed by atoms with van der Waals surface area (Å²) in [4.78, 5) is 19.9. The molecule has 2 N–H and O–H groups in total. The summed E-state index contributed by atoms with van der Waals surface area (Å²) in [6.45, 7) is 2.15. The quantitative estimate of drug-likeness (QED) is 0.466. The third-order valence-electron chi connectivity index (χ3n) is 6.34. The Morgan fingerprint density at radius 3 is 2.74 bits per heavy atom. The van der Waals surface area contributed by atoms with Gasteiger partial charge in [0.25, 0.3) is 5.56 Å². The third-order valence-corrected chi connectivity index (χ3v) is 6.63. The summed E-state index contributed by atoms with van der Waals surface area (Å²) >= 11 is 6.43. The molecule has 4 aromatic rings. The summed E-state index contributed by atoms with van der Waals surface area (Å²) in [6.07, 6.45) is 6.64. The number of piperidine rings is 1. The highest BCUT2D eigenvalue weighted by Crippen LogP contribution is 2.27. The molecule has 1 aliphatic rings. The van der Waals surface area contributed by atoms with Crippen LogP contribution in [0.25, 0.3) is 16.6 Å². The lowest BCUT2D eigenvalue weighted by Gasteiger charge is -2.33. The molecule has 0 radical (unpaired) electrons. The van der Waals surface area contributed by atoms with Crippen molar-refractivity contribution in [2.24, 2.45) is 11.7 Å². The van der Waals surface area contributed by atoms with Crippen molar-refractivity contribution < 1.29 is 8.78 Å². The molecule has 1 aromatic carbocycles. The van der Waals surface area contributed by atoms with E-state index in [0.717, 1.165) is 31.7 Å². The van der Waals surface area contributed by atoms with E-state index in [1.807, 2.05) is 0 Å². The molecule has 7 nitrogen and oxygen atoms in total. The molecule has 1 fully saturated rings. The van der Waals surface area contributed by atoms with Gasteiger partial charge in [0.05, 0.1) is 40.6 Å². The van der Waals surface area contributed by atoms with E-state index in [9.17, 15) is 13.6 Å². The first-order valence-electron chi connectivity index (χ1n) is 11.1. The molecule has 10 heteroatoms. The van der Waals surface area contributed by atoms with E-state index in [-0.39, 0.29) is 17.7 Å². The second kappa shape index (κ2) is 9.15. The summed E-state index contributed by atoms with van der Waals surface area (Å²) in [6, 6.07) is 7.18. The van der Waals surface area contributed by atoms with Crippen molar-refractivity contribution in [3.05, 3.63) is 81.5 Å². The molecule has 0 saturated carbocycles. The van der Waals surface area contributed by atoms with Gasteiger partial charge in [-0.15, -0.1) is 0 Å². The number of fused-ring (bicyclic) bond motifs is 1. The number of halogens is 3. The smallest absolute Gasteiger partial charge is 0.266 e. The van der Waals surface area contributed by atoms with Gasteiger partial charge in [-0.1, -0.05) is 17.7 Å². The number of nitrogens with two attached hydrogens (primary N) is 1. The van der Waals surface area contributed by atoms with Gasteiger partial charge >= 0.3 is 0 Å². The fourth-order valence-electron chi connectivity index (χ4n) is 4.47. The molecule has 34 heavy (non-hydrogen) atoms. The van der Waals surface area contributed by atoms with Crippen molar-refractivity contribution in [1.29, 1.82) is 0 Å². The Kier molecular flexibility index (Phi) is 6.05. The maximum absolute atomic E-state index is 14.1. The van der Waals surface area contributed by atoms with Crippen LogP contribution < -0.4 is 16.2 Å². The molecule has 3 aromatic heterocycles. The highest BCUT2D eigenvalue weighted by molar-refractivity contribution is 6.32. The van der Waals surface area contributed by atoms with E-state index in [4.69, 9.17) is 17.3 Å². The zero-order valence-electron chi connectivity index (χ0n) is 18.3. The molecule has 4 heterocycles. The van der Waals surface area contributed by atoms with Gasteiger partial charge in [0.2, 0.25) is 0 Å². The van der Waals surface area contributed by atoms with Crippen molar-refractivity contribution in [2.45, 2.75) is 19.4 Å². The van der Waals surface area contributed by atoms with Crippen molar-refractivity contribution in [3.63, 3.8) is 0 Å². The highest BCUT2D eigenvalue weighted by Gasteiger charge is 2.21. The molecule has 1 aliphatic heterocycles. The molecular weight excluding hydrogens is 462 g/mol. The lowest BCUT2D eigenvalue weighted by molar-refractivity contribution is 0.421. The summed E-state index contributed by atoms with van der Waals surface area (Å²) in [5.74, 6) is -0.195. The molecule has 0 aliphatic carbocycles. The standard InChI is InChI=1S/C24H23ClF2N6O/c25-18-12-29-23(31-7-2-3-15(10-28)13-31)9-22(18)32-8-6-21-16(24(32)34)11-30-33(21)14-17-19(26)4-1-5-20(17)27/h1,4-6,8-9,11-12,15H,2-3,7,10,13-14,28H2/t15-/m1/s1. The van der Waals surface area contributed by atoms with E-state index in [1.165, 1.54) is 33.6 Å². The Morgan fingerprint density at radius 2 is 1.97 bits per heavy atom. The lowest BCUT2D eigenvalue weighted by atomic mass is 9.98. The van der Waals surface area contributed by atoms with E-state index >= 15 is 0 Å². The minimum absolute atomic E-state index is 0.115. The number of nitrogens with zero attached hydrogens (tertiary/aromatic N) is 5. The third kappa shape index (κ3) is 4.05. The number of rotatable bonds is 5. The van der Waals surface area contributed by atoms with Crippen LogP contribution in [0.5, 0.6) is 0 Å². The van der Waals surface area contributed by atoms with Gasteiger partial charge in [0.1, 0.15) is 17.5 Å². The fraction of sp³-hybridized carbons (Fsp3) is 0.292. The molecule has 5 rings (SSSR count). The molecule has 1 atom stereocenters. The monoisotopic (exact) mass is 484 g/mol. The van der Waals surface area contributed by atoms with Crippen molar-refractivity contribution in [1.82, 2.24) is 19.3 Å². The summed E-state index contributed by atoms with van der Waals surface area (Å²) in [5, 5.41) is 4.85. The van der Waals surface area contributed by atoms with Crippen LogP contribution in [0.4, 0.5) is 14.6 Å². The van der Waals surface area contributed by atoms with Crippen LogP contribution in [0.3, 0.4) is 0 Å². The molecule has 0 spiro atoms. The Balaban J connectivity index is 1.52. The second-order valence-electron chi connectivity index (χ2n) is 8.48. The lowest BCUT2D eigenvalue weighted by Crippen LogP contribution is -2.38. The van der Waals surface area contributed by atoms with Crippen molar-refractivity contribution in [2.75, 3.05) is 24.5 Å². The number of hydrogen-bond donors (Lipinski definition) is 1. The first kappa shape index (κ1) is 22.5. The molecule has 176 valence electrons. The van der Waals surface area contributed by atoms with E-state index in [2.05, 4.69) is 15.0 Å². The largest absolute Gasteiger partial charge is 0.356 e. The van der Waals surface area contributed by atoms with Crippen LogP contribution in [0, 0.1) is 17.6 Å². The molecule has 0 bridgehead atoms. The minimum atomic E-state index is -0.664. The van der Waals surface area contributed by atoms with Gasteiger partial charge in [0.15, 0.2) is 0 Å². The van der Waals surface area contributed by atoms with Crippen molar-refractivity contribution in [3.8, 4) is 5.69 Å². The summed E-state index contributed by atoms with van der Waals surface area (Å²) < 4.78 is 31.1. The van der Waals surface area contributed by atoms with E-state index < -0.39 is 11.6 Å². The topological polar surface area (TPSA) is 82.0 Å². The molecule has 0 unspecified atom stereocenters. The molecule has 0 amide bonds. The van der Waals surface area contributed by atoms with Crippen LogP contribution in [0.2, 0.25) is 5.02 Å². The van der Waals surface area contributed by atoms with Gasteiger partial charge in [-0.25, -0.2) is 13.8 Å². The molecular formula is C24H23ClF2N6O. The van der Waals surface area contributed by atoms with Gasteiger partial charge in [-0.3, -0.25) is 14.0 Å². The maximum Gasteiger partial charge on any atom is 0.266 e. The Bertz CT molecular complexity index is 1400. The van der Waals surface area contributed by atoms with E-state index in [1.54, 1.807) is 24.5 Å². The number of benzene rings is 1. The number of anilines is 1. The van der Waals surface area contributed by atoms with Gasteiger partial charge < -0.3 is 10.6 Å². The summed E-state index contributed by atoms with van der Waals surface area (Å²) in [7, 11) is 0. The van der Waals surface area contributed by atoms with Gasteiger partial charge in [-0.05, 0) is 43.5 Å². The average Bonchev–Trinajstić information content (AvgIpc) is 3.26. The van der Waals surface area contributed by atoms with Crippen LogP contribution in [0.1, 0.15) is 18.4 Å². The summed E-state index contributed by atoms with van der Waals surface area (Å²) in [5.41, 5.74) is 6.38. The predicted octanol–water partition coefficient (Wildman–Crippen LogP) is 3.74. The average molecular weight is 485 g/mol. The highest BCUT2D eigenvalue weighted by atomic mass is 35.5. The Labute approximate surface area is 199 Å². The number of aromatic nitrogens is 4. The first-order valence-corrected chi connectivity index (χ1v) is 11.4. The second-order valence-corrected chi connectivity index (χ2v) is 8.88. The first-order chi connectivity index (χ1) is 16.5. The number of pyridine rings is 2. The SMILES string of the molecule is NC[C@H]1CCCN(c2cc(-n3ccc4c(cnn4Cc4c(F)cccc4F)c3=O)c(Cl)cn2)C1. The molecule has 1 saturated heterocycles. The minimum Gasteiger partial charge on any atom is -0.356 e. The van der Waals surface area contributed by atoms with Crippen LogP contribution in [-0.2, 0) is 6.54 Å². The zero-order valence-corrected chi connectivity index (χ0v) is 19.1. The Hall–Kier alpha value is -3.30. The predicted molar refractivity (Wildman–Crippen MR) is 128 cm³/mol. The van der Waals surface area contributed by atoms with E-state index in [0.29, 0.717) is 34.1 Å². The van der Waals surface area contributed by atoms with Gasteiger partial charge in [0, 0.05) is 30.9 Å². The van der Waals surface area contributed by atoms with Crippen LogP contribution >= 0.6 is 11.6 Å². The number of hydrogen-bond acceptors (Lipinski definition) is 5. The normalized spacial score (nSPS) is 16.4. The van der Waals surface area contributed by atoms with Crippen molar-refractivity contribution >= 4 is 28.3 Å². The fourth-order valence-corrected chi connectivity index (χ4v) is 4.66.